The number of hydrogen-bond donors (Lipinski definition) is 0. The molecule has 0 saturated heterocycles. The van der Waals surface area contributed by atoms with Gasteiger partial charge in [0.15, 0.2) is 5.69 Å². The molecular formula is C19H19N3O2S. The van der Waals surface area contributed by atoms with Gasteiger partial charge in [0.2, 0.25) is 0 Å². The zero-order valence-electron chi connectivity index (χ0n) is 14.2. The summed E-state index contributed by atoms with van der Waals surface area (Å²) in [6.07, 6.45) is 1.73. The average molecular weight is 353 g/mol. The fraction of sp³-hybridized carbons (Fsp3) is 0.316. The Hall–Kier alpha value is -2.47. The van der Waals surface area contributed by atoms with Gasteiger partial charge in [0.25, 0.3) is 11.5 Å². The number of aryl methyl sites for hydroxylation is 1. The summed E-state index contributed by atoms with van der Waals surface area (Å²) in [7, 11) is 1.59. The number of thiophene rings is 1. The van der Waals surface area contributed by atoms with Crippen LogP contribution in [0.25, 0.3) is 10.8 Å². The lowest BCUT2D eigenvalue weighted by Crippen LogP contribution is -2.40. The zero-order valence-corrected chi connectivity index (χ0v) is 15.0. The highest BCUT2D eigenvalue weighted by molar-refractivity contribution is 7.10. The molecule has 1 amide bonds. The molecule has 0 spiro atoms. The van der Waals surface area contributed by atoms with Gasteiger partial charge in [-0.1, -0.05) is 25.1 Å². The topological polar surface area (TPSA) is 55.2 Å². The Morgan fingerprint density at radius 3 is 2.80 bits per heavy atom. The van der Waals surface area contributed by atoms with Crippen molar-refractivity contribution in [3.8, 4) is 0 Å². The van der Waals surface area contributed by atoms with Crippen LogP contribution in [0.15, 0.2) is 40.5 Å². The SMILES string of the molecule is CC[C@H]1c2ccsc2CCN1C(=O)c1nn(C)c(=O)c2ccccc12. The summed E-state index contributed by atoms with van der Waals surface area (Å²) in [6.45, 7) is 2.79. The molecule has 0 unspecified atom stereocenters. The number of rotatable bonds is 2. The number of carbonyl (C=O) groups excluding carboxylic acids is 1. The molecule has 0 fully saturated rings. The standard InChI is InChI=1S/C19H19N3O2S/c1-3-15-14-9-11-25-16(14)8-10-22(15)19(24)17-12-6-4-5-7-13(12)18(23)21(2)20-17/h4-7,9,11,15H,3,8,10H2,1-2H3/t15-/m0/s1. The highest BCUT2D eigenvalue weighted by atomic mass is 32.1. The molecule has 0 radical (unpaired) electrons. The smallest absolute Gasteiger partial charge is 0.275 e. The van der Waals surface area contributed by atoms with Gasteiger partial charge < -0.3 is 4.90 Å². The minimum atomic E-state index is -0.182. The summed E-state index contributed by atoms with van der Waals surface area (Å²) >= 11 is 1.76. The highest BCUT2D eigenvalue weighted by Gasteiger charge is 2.32. The fourth-order valence-electron chi connectivity index (χ4n) is 3.67. The van der Waals surface area contributed by atoms with Crippen molar-refractivity contribution >= 4 is 28.0 Å². The van der Waals surface area contributed by atoms with Crippen LogP contribution in [0.4, 0.5) is 0 Å². The van der Waals surface area contributed by atoms with E-state index in [9.17, 15) is 9.59 Å². The van der Waals surface area contributed by atoms with E-state index in [1.165, 1.54) is 15.1 Å². The Bertz CT molecular complexity index is 1020. The Balaban J connectivity index is 1.83. The molecule has 0 saturated carbocycles. The molecule has 3 heterocycles. The van der Waals surface area contributed by atoms with Crippen molar-refractivity contribution in [1.82, 2.24) is 14.7 Å². The van der Waals surface area contributed by atoms with E-state index in [0.717, 1.165) is 12.8 Å². The first-order chi connectivity index (χ1) is 12.1. The lowest BCUT2D eigenvalue weighted by molar-refractivity contribution is 0.0651. The van der Waals surface area contributed by atoms with Crippen LogP contribution in [0.5, 0.6) is 0 Å². The molecule has 6 heteroatoms. The van der Waals surface area contributed by atoms with Crippen LogP contribution in [0.3, 0.4) is 0 Å². The number of amides is 1. The van der Waals surface area contributed by atoms with Crippen LogP contribution >= 0.6 is 11.3 Å². The lowest BCUT2D eigenvalue weighted by atomic mass is 9.97. The molecule has 0 N–H and O–H groups in total. The van der Waals surface area contributed by atoms with Gasteiger partial charge in [0, 0.05) is 23.9 Å². The third-order valence-corrected chi connectivity index (χ3v) is 5.90. The van der Waals surface area contributed by atoms with Gasteiger partial charge in [0.1, 0.15) is 0 Å². The van der Waals surface area contributed by atoms with Crippen molar-refractivity contribution in [3.63, 3.8) is 0 Å². The quantitative estimate of drug-likeness (QED) is 0.711. The van der Waals surface area contributed by atoms with Gasteiger partial charge >= 0.3 is 0 Å². The minimum Gasteiger partial charge on any atom is -0.330 e. The van der Waals surface area contributed by atoms with Crippen LogP contribution in [0.2, 0.25) is 0 Å². The van der Waals surface area contributed by atoms with Crippen molar-refractivity contribution in [3.05, 3.63) is 62.2 Å². The molecule has 1 aliphatic heterocycles. The van der Waals surface area contributed by atoms with E-state index in [2.05, 4.69) is 23.5 Å². The summed E-state index contributed by atoms with van der Waals surface area (Å²) in [4.78, 5) is 28.9. The summed E-state index contributed by atoms with van der Waals surface area (Å²) in [5.41, 5.74) is 1.43. The zero-order chi connectivity index (χ0) is 17.6. The van der Waals surface area contributed by atoms with E-state index in [-0.39, 0.29) is 17.5 Å². The molecule has 1 atom stereocenters. The predicted octanol–water partition coefficient (Wildman–Crippen LogP) is 3.14. The summed E-state index contributed by atoms with van der Waals surface area (Å²) in [6, 6.07) is 9.40. The molecule has 2 aromatic heterocycles. The van der Waals surface area contributed by atoms with Gasteiger partial charge in [-0.15, -0.1) is 11.3 Å². The van der Waals surface area contributed by atoms with E-state index >= 15 is 0 Å². The highest BCUT2D eigenvalue weighted by Crippen LogP contribution is 2.36. The maximum Gasteiger partial charge on any atom is 0.275 e. The molecular weight excluding hydrogens is 334 g/mol. The molecule has 1 aliphatic rings. The monoisotopic (exact) mass is 353 g/mol. The van der Waals surface area contributed by atoms with E-state index in [0.29, 0.717) is 23.0 Å². The summed E-state index contributed by atoms with van der Waals surface area (Å²) in [5.74, 6) is -0.101. The number of fused-ring (bicyclic) bond motifs is 2. The normalized spacial score (nSPS) is 16.9. The average Bonchev–Trinajstić information content (AvgIpc) is 3.12. The summed E-state index contributed by atoms with van der Waals surface area (Å²) < 4.78 is 1.26. The first-order valence-electron chi connectivity index (χ1n) is 8.45. The first-order valence-corrected chi connectivity index (χ1v) is 9.33. The van der Waals surface area contributed by atoms with Gasteiger partial charge in [0.05, 0.1) is 11.4 Å². The minimum absolute atomic E-state index is 0.0697. The second-order valence-electron chi connectivity index (χ2n) is 6.29. The number of benzene rings is 1. The number of nitrogens with zero attached hydrogens (tertiary/aromatic N) is 3. The van der Waals surface area contributed by atoms with Crippen LogP contribution < -0.4 is 5.56 Å². The van der Waals surface area contributed by atoms with E-state index in [4.69, 9.17) is 0 Å². The fourth-order valence-corrected chi connectivity index (χ4v) is 4.60. The second-order valence-corrected chi connectivity index (χ2v) is 7.30. The molecule has 0 bridgehead atoms. The molecule has 4 rings (SSSR count). The maximum atomic E-state index is 13.3. The van der Waals surface area contributed by atoms with E-state index in [1.807, 2.05) is 17.0 Å². The van der Waals surface area contributed by atoms with E-state index in [1.54, 1.807) is 30.5 Å². The Morgan fingerprint density at radius 2 is 2.04 bits per heavy atom. The van der Waals surface area contributed by atoms with Crippen molar-refractivity contribution in [2.24, 2.45) is 7.05 Å². The molecule has 3 aromatic rings. The van der Waals surface area contributed by atoms with Crippen molar-refractivity contribution in [2.75, 3.05) is 6.54 Å². The Morgan fingerprint density at radius 1 is 1.28 bits per heavy atom. The third kappa shape index (κ3) is 2.48. The van der Waals surface area contributed by atoms with Crippen molar-refractivity contribution in [1.29, 1.82) is 0 Å². The molecule has 1 aromatic carbocycles. The number of carbonyl (C=O) groups is 1. The molecule has 25 heavy (non-hydrogen) atoms. The summed E-state index contributed by atoms with van der Waals surface area (Å²) in [5, 5.41) is 7.56. The lowest BCUT2D eigenvalue weighted by Gasteiger charge is -2.35. The number of aromatic nitrogens is 2. The number of hydrogen-bond acceptors (Lipinski definition) is 4. The molecule has 0 aliphatic carbocycles. The largest absolute Gasteiger partial charge is 0.330 e. The van der Waals surface area contributed by atoms with Crippen molar-refractivity contribution in [2.45, 2.75) is 25.8 Å². The predicted molar refractivity (Wildman–Crippen MR) is 99.1 cm³/mol. The van der Waals surface area contributed by atoms with Crippen LogP contribution in [0.1, 0.15) is 40.3 Å². The first kappa shape index (κ1) is 16.0. The van der Waals surface area contributed by atoms with Crippen LogP contribution in [-0.4, -0.2) is 27.1 Å². The van der Waals surface area contributed by atoms with Gasteiger partial charge in [-0.25, -0.2) is 4.68 Å². The molecule has 128 valence electrons. The van der Waals surface area contributed by atoms with Crippen molar-refractivity contribution < 1.29 is 4.79 Å². The van der Waals surface area contributed by atoms with Gasteiger partial charge in [-0.2, -0.15) is 5.10 Å². The van der Waals surface area contributed by atoms with Crippen LogP contribution in [0, 0.1) is 0 Å². The Labute approximate surface area is 149 Å². The second kappa shape index (κ2) is 6.11. The Kier molecular flexibility index (Phi) is 3.92. The van der Waals surface area contributed by atoms with Crippen LogP contribution in [-0.2, 0) is 13.5 Å². The van der Waals surface area contributed by atoms with Gasteiger partial charge in [-0.05, 0) is 35.9 Å². The molecule has 5 nitrogen and oxygen atoms in total. The van der Waals surface area contributed by atoms with Gasteiger partial charge in [-0.3, -0.25) is 9.59 Å². The maximum absolute atomic E-state index is 13.3. The third-order valence-electron chi connectivity index (χ3n) is 4.90. The van der Waals surface area contributed by atoms with E-state index < -0.39 is 0 Å².